The van der Waals surface area contributed by atoms with E-state index in [0.29, 0.717) is 23.1 Å². The molecule has 0 saturated carbocycles. The second kappa shape index (κ2) is 10.9. The molecule has 10 heteroatoms. The lowest BCUT2D eigenvalue weighted by molar-refractivity contribution is -0.116. The highest BCUT2D eigenvalue weighted by atomic mass is 35.5. The number of thiazole rings is 1. The Hall–Kier alpha value is -1.71. The smallest absolute Gasteiger partial charge is 0.244 e. The molecule has 3 rings (SSSR count). The third kappa shape index (κ3) is 6.42. The van der Waals surface area contributed by atoms with Crippen LogP contribution in [0.3, 0.4) is 0 Å². The van der Waals surface area contributed by atoms with E-state index in [2.05, 4.69) is 11.1 Å². The third-order valence-corrected chi connectivity index (χ3v) is 7.91. The van der Waals surface area contributed by atoms with Gasteiger partial charge >= 0.3 is 0 Å². The molecule has 0 saturated heterocycles. The Balaban J connectivity index is 0.00000363. The first kappa shape index (κ1) is 26.5. The van der Waals surface area contributed by atoms with Crippen LogP contribution in [0.1, 0.15) is 17.5 Å². The number of amides is 1. The van der Waals surface area contributed by atoms with Gasteiger partial charge in [-0.15, -0.1) is 12.4 Å². The Labute approximate surface area is 204 Å². The molecule has 0 bridgehead atoms. The van der Waals surface area contributed by atoms with Gasteiger partial charge in [0, 0.05) is 11.6 Å². The Bertz CT molecular complexity index is 1150. The maximum atomic E-state index is 13.2. The van der Waals surface area contributed by atoms with Gasteiger partial charge in [0.2, 0.25) is 5.91 Å². The van der Waals surface area contributed by atoms with Crippen molar-refractivity contribution < 1.29 is 13.2 Å². The monoisotopic (exact) mass is 515 g/mol. The normalized spacial score (nSPS) is 11.6. The van der Waals surface area contributed by atoms with Crippen LogP contribution in [0.4, 0.5) is 5.13 Å². The van der Waals surface area contributed by atoms with Gasteiger partial charge in [0.25, 0.3) is 0 Å². The van der Waals surface area contributed by atoms with Gasteiger partial charge in [0.1, 0.15) is 5.75 Å². The number of halogens is 2. The highest BCUT2D eigenvalue weighted by Crippen LogP contribution is 2.31. The van der Waals surface area contributed by atoms with Crippen molar-refractivity contribution in [3.8, 4) is 0 Å². The molecule has 6 nitrogen and oxygen atoms in total. The number of fused-ring (bicyclic) bond motifs is 1. The lowest BCUT2D eigenvalue weighted by Crippen LogP contribution is -2.37. The summed E-state index contributed by atoms with van der Waals surface area (Å²) in [4.78, 5) is 21.4. The second-order valence-corrected chi connectivity index (χ2v) is 11.3. The fourth-order valence-electron chi connectivity index (χ4n) is 3.12. The third-order valence-electron chi connectivity index (χ3n) is 5.00. The first-order chi connectivity index (χ1) is 14.6. The maximum absolute atomic E-state index is 13.2. The van der Waals surface area contributed by atoms with E-state index in [9.17, 15) is 13.2 Å². The number of sulfone groups is 1. The van der Waals surface area contributed by atoms with E-state index in [0.717, 1.165) is 27.9 Å². The number of carbonyl (C=O) groups excluding carboxylic acids is 1. The molecule has 32 heavy (non-hydrogen) atoms. The summed E-state index contributed by atoms with van der Waals surface area (Å²) >= 11 is 7.27. The molecule has 1 heterocycles. The van der Waals surface area contributed by atoms with E-state index in [-0.39, 0.29) is 17.3 Å². The number of hydrogen-bond acceptors (Lipinski definition) is 6. The van der Waals surface area contributed by atoms with Crippen molar-refractivity contribution in [1.82, 2.24) is 9.88 Å². The minimum Gasteiger partial charge on any atom is -0.309 e. The molecule has 0 spiro atoms. The second-order valence-electron chi connectivity index (χ2n) is 7.82. The van der Waals surface area contributed by atoms with Gasteiger partial charge in [-0.2, -0.15) is 0 Å². The molecule has 1 amide bonds. The summed E-state index contributed by atoms with van der Waals surface area (Å²) < 4.78 is 26.6. The number of aromatic nitrogens is 1. The van der Waals surface area contributed by atoms with Crippen molar-refractivity contribution in [2.75, 3.05) is 37.8 Å². The molecule has 0 atom stereocenters. The average Bonchev–Trinajstić information content (AvgIpc) is 3.07. The van der Waals surface area contributed by atoms with Crippen molar-refractivity contribution in [3.63, 3.8) is 0 Å². The van der Waals surface area contributed by atoms with Crippen molar-refractivity contribution in [3.05, 3.63) is 52.5 Å². The summed E-state index contributed by atoms with van der Waals surface area (Å²) in [7, 11) is 0.120. The van der Waals surface area contributed by atoms with Crippen LogP contribution in [0.25, 0.3) is 10.2 Å². The van der Waals surface area contributed by atoms with Crippen molar-refractivity contribution in [2.45, 2.75) is 25.2 Å². The number of carbonyl (C=O) groups is 1. The summed E-state index contributed by atoms with van der Waals surface area (Å²) in [5.41, 5.74) is 3.09. The molecule has 0 aliphatic carbocycles. The molecule has 0 aliphatic rings. The van der Waals surface area contributed by atoms with Crippen LogP contribution in [0.5, 0.6) is 0 Å². The molecule has 1 aromatic heterocycles. The average molecular weight is 517 g/mol. The number of benzene rings is 2. The molecule has 0 radical (unpaired) electrons. The van der Waals surface area contributed by atoms with Crippen LogP contribution in [0.2, 0.25) is 5.02 Å². The Kier molecular flexibility index (Phi) is 9.07. The molecule has 0 unspecified atom stereocenters. The van der Waals surface area contributed by atoms with Gasteiger partial charge in [-0.25, -0.2) is 13.4 Å². The van der Waals surface area contributed by atoms with Gasteiger partial charge in [-0.1, -0.05) is 22.9 Å². The lowest BCUT2D eigenvalue weighted by atomic mass is 10.1. The fourth-order valence-corrected chi connectivity index (χ4v) is 5.53. The first-order valence-electron chi connectivity index (χ1n) is 9.88. The van der Waals surface area contributed by atoms with Crippen molar-refractivity contribution in [1.29, 1.82) is 0 Å². The Morgan fingerprint density at radius 2 is 1.69 bits per heavy atom. The van der Waals surface area contributed by atoms with Gasteiger partial charge in [0.15, 0.2) is 15.0 Å². The molecular weight excluding hydrogens is 489 g/mol. The number of nitrogens with zero attached hydrogens (tertiary/aromatic N) is 3. The van der Waals surface area contributed by atoms with Crippen LogP contribution >= 0.6 is 35.3 Å². The zero-order valence-electron chi connectivity index (χ0n) is 18.5. The van der Waals surface area contributed by atoms with Crippen LogP contribution in [-0.2, 0) is 14.6 Å². The van der Waals surface area contributed by atoms with E-state index in [1.54, 1.807) is 0 Å². The van der Waals surface area contributed by atoms with E-state index >= 15 is 0 Å². The molecule has 174 valence electrons. The van der Waals surface area contributed by atoms with Gasteiger partial charge in [0.05, 0.1) is 15.1 Å². The van der Waals surface area contributed by atoms with Crippen LogP contribution < -0.4 is 4.90 Å². The predicted octanol–water partition coefficient (Wildman–Crippen LogP) is 4.75. The minimum absolute atomic E-state index is 0. The van der Waals surface area contributed by atoms with E-state index in [1.807, 2.05) is 38.9 Å². The molecule has 3 aromatic rings. The van der Waals surface area contributed by atoms with Crippen LogP contribution in [0.15, 0.2) is 41.3 Å². The lowest BCUT2D eigenvalue weighted by Gasteiger charge is -2.21. The largest absolute Gasteiger partial charge is 0.309 e. The van der Waals surface area contributed by atoms with Gasteiger partial charge in [-0.3, -0.25) is 9.69 Å². The summed E-state index contributed by atoms with van der Waals surface area (Å²) in [6.45, 7) is 5.22. The summed E-state index contributed by atoms with van der Waals surface area (Å²) in [6.07, 6.45) is 0.702. The zero-order chi connectivity index (χ0) is 22.8. The van der Waals surface area contributed by atoms with E-state index in [4.69, 9.17) is 11.6 Å². The molecular formula is C22H27Cl2N3O3S2. The first-order valence-corrected chi connectivity index (χ1v) is 12.7. The number of aryl methyl sites for hydroxylation is 2. The summed E-state index contributed by atoms with van der Waals surface area (Å²) in [6, 6.07) is 9.91. The fraction of sp³-hybridized carbons (Fsp3) is 0.364. The number of rotatable bonds is 8. The van der Waals surface area contributed by atoms with Crippen LogP contribution in [-0.4, -0.2) is 57.1 Å². The summed E-state index contributed by atoms with van der Waals surface area (Å²) in [5, 5.41) is 0.964. The molecule has 2 aromatic carbocycles. The van der Waals surface area contributed by atoms with Crippen LogP contribution in [0, 0.1) is 13.8 Å². The van der Waals surface area contributed by atoms with Gasteiger partial charge in [-0.05, 0) is 88.4 Å². The highest BCUT2D eigenvalue weighted by Gasteiger charge is 2.26. The van der Waals surface area contributed by atoms with Gasteiger partial charge < -0.3 is 4.90 Å². The molecule has 0 fully saturated rings. The quantitative estimate of drug-likeness (QED) is 0.432. The zero-order valence-corrected chi connectivity index (χ0v) is 21.7. The van der Waals surface area contributed by atoms with E-state index < -0.39 is 21.5 Å². The molecule has 0 aliphatic heterocycles. The number of anilines is 1. The Morgan fingerprint density at radius 3 is 2.31 bits per heavy atom. The topological polar surface area (TPSA) is 70.6 Å². The Morgan fingerprint density at radius 1 is 1.06 bits per heavy atom. The maximum Gasteiger partial charge on any atom is 0.244 e. The standard InChI is InChI=1S/C22H26ClN3O3S2.ClH/c1-15-12-19-20(13-16(15)2)30-22(24-19)26(11-5-10-25(3)4)21(27)14-31(28,29)18-8-6-17(23)7-9-18;/h6-9,12-13H,5,10-11,14H2,1-4H3;1H. The highest BCUT2D eigenvalue weighted by molar-refractivity contribution is 7.92. The minimum atomic E-state index is -3.80. The number of hydrogen-bond donors (Lipinski definition) is 0. The molecule has 0 N–H and O–H groups in total. The van der Waals surface area contributed by atoms with Crippen molar-refractivity contribution >= 4 is 66.4 Å². The van der Waals surface area contributed by atoms with E-state index in [1.165, 1.54) is 40.5 Å². The SMILES string of the molecule is Cc1cc2nc(N(CCCN(C)C)C(=O)CS(=O)(=O)c3ccc(Cl)cc3)sc2cc1C.Cl. The summed E-state index contributed by atoms with van der Waals surface area (Å²) in [5.74, 6) is -1.11. The van der Waals surface area contributed by atoms with Crippen molar-refractivity contribution in [2.24, 2.45) is 0 Å². The predicted molar refractivity (Wildman–Crippen MR) is 135 cm³/mol.